The Labute approximate surface area is 98.4 Å². The number of halogens is 3. The lowest BCUT2D eigenvalue weighted by Gasteiger charge is -2.10. The molecule has 0 aliphatic carbocycles. The average Bonchev–Trinajstić information content (AvgIpc) is 2.16. The van der Waals surface area contributed by atoms with Crippen LogP contribution >= 0.6 is 15.9 Å². The van der Waals surface area contributed by atoms with Crippen LogP contribution in [0.25, 0.3) is 0 Å². The van der Waals surface area contributed by atoms with Crippen LogP contribution in [0, 0.1) is 0 Å². The van der Waals surface area contributed by atoms with Gasteiger partial charge in [0.15, 0.2) is 5.75 Å². The van der Waals surface area contributed by atoms with Crippen LogP contribution in [-0.4, -0.2) is 23.2 Å². The van der Waals surface area contributed by atoms with Gasteiger partial charge in [0, 0.05) is 5.56 Å². The van der Waals surface area contributed by atoms with Gasteiger partial charge >= 0.3 is 5.97 Å². The molecule has 1 rings (SSSR count). The van der Waals surface area contributed by atoms with Crippen molar-refractivity contribution < 1.29 is 23.4 Å². The molecule has 0 bridgehead atoms. The molecular formula is C9H8BrF2NO3. The van der Waals surface area contributed by atoms with Gasteiger partial charge in [-0.15, -0.1) is 0 Å². The molecule has 1 aromatic heterocycles. The molecule has 16 heavy (non-hydrogen) atoms. The lowest BCUT2D eigenvalue weighted by molar-refractivity contribution is -0.136. The molecule has 0 saturated heterocycles. The first-order valence-corrected chi connectivity index (χ1v) is 4.98. The predicted molar refractivity (Wildman–Crippen MR) is 54.8 cm³/mol. The number of aromatic nitrogens is 1. The van der Waals surface area contributed by atoms with Crippen LogP contribution in [0.1, 0.15) is 17.7 Å². The second-order valence-corrected chi connectivity index (χ2v) is 3.65. The van der Waals surface area contributed by atoms with E-state index < -0.39 is 24.5 Å². The third-order valence-electron chi connectivity index (χ3n) is 1.80. The maximum Gasteiger partial charge on any atom is 0.307 e. The number of alkyl halides is 2. The number of ether oxygens (including phenoxy) is 1. The molecule has 0 aromatic carbocycles. The van der Waals surface area contributed by atoms with Crippen LogP contribution in [0.2, 0.25) is 0 Å². The van der Waals surface area contributed by atoms with Crippen molar-refractivity contribution in [3.63, 3.8) is 0 Å². The molecule has 7 heteroatoms. The zero-order chi connectivity index (χ0) is 12.3. The molecule has 4 nitrogen and oxygen atoms in total. The van der Waals surface area contributed by atoms with Crippen LogP contribution < -0.4 is 4.74 Å². The Morgan fingerprint density at radius 2 is 2.31 bits per heavy atom. The van der Waals surface area contributed by atoms with E-state index in [0.717, 1.165) is 6.07 Å². The van der Waals surface area contributed by atoms with E-state index in [2.05, 4.69) is 20.9 Å². The van der Waals surface area contributed by atoms with Crippen molar-refractivity contribution >= 4 is 21.9 Å². The summed E-state index contributed by atoms with van der Waals surface area (Å²) in [6.07, 6.45) is -3.15. The van der Waals surface area contributed by atoms with Gasteiger partial charge in [-0.25, -0.2) is 13.8 Å². The SMILES string of the molecule is COc1c(CC(=O)O)cc(C(F)F)nc1Br. The summed E-state index contributed by atoms with van der Waals surface area (Å²) in [4.78, 5) is 14.1. The molecule has 88 valence electrons. The van der Waals surface area contributed by atoms with Crippen molar-refractivity contribution in [3.05, 3.63) is 21.9 Å². The standard InChI is InChI=1S/C9H8BrF2NO3/c1-16-7-4(3-6(14)15)2-5(9(11)12)13-8(7)10/h2,9H,3H2,1H3,(H,14,15). The summed E-state index contributed by atoms with van der Waals surface area (Å²) in [5.74, 6) is -0.969. The van der Waals surface area contributed by atoms with Gasteiger partial charge in [0.1, 0.15) is 10.3 Å². The molecule has 1 heterocycles. The zero-order valence-corrected chi connectivity index (χ0v) is 9.79. The van der Waals surface area contributed by atoms with E-state index in [0.29, 0.717) is 0 Å². The predicted octanol–water partition coefficient (Wildman–Crippen LogP) is 2.42. The molecule has 0 aliphatic rings. The van der Waals surface area contributed by atoms with Gasteiger partial charge < -0.3 is 9.84 Å². The molecule has 1 N–H and O–H groups in total. The van der Waals surface area contributed by atoms with E-state index in [1.165, 1.54) is 7.11 Å². The molecule has 0 atom stereocenters. The van der Waals surface area contributed by atoms with Crippen LogP contribution in [-0.2, 0) is 11.2 Å². The quantitative estimate of drug-likeness (QED) is 0.867. The lowest BCUT2D eigenvalue weighted by atomic mass is 10.1. The Morgan fingerprint density at radius 1 is 1.69 bits per heavy atom. The number of hydrogen-bond acceptors (Lipinski definition) is 3. The summed E-state index contributed by atoms with van der Waals surface area (Å²) < 4.78 is 29.8. The van der Waals surface area contributed by atoms with Gasteiger partial charge in [-0.05, 0) is 22.0 Å². The number of methoxy groups -OCH3 is 1. The first-order valence-electron chi connectivity index (χ1n) is 4.19. The van der Waals surface area contributed by atoms with E-state index in [-0.39, 0.29) is 15.9 Å². The summed E-state index contributed by atoms with van der Waals surface area (Å²) in [7, 11) is 1.31. The van der Waals surface area contributed by atoms with Crippen LogP contribution in [0.15, 0.2) is 10.7 Å². The molecule has 0 amide bonds. The van der Waals surface area contributed by atoms with Crippen molar-refractivity contribution in [1.82, 2.24) is 4.98 Å². The Morgan fingerprint density at radius 3 is 2.75 bits per heavy atom. The average molecular weight is 296 g/mol. The second-order valence-electron chi connectivity index (χ2n) is 2.90. The third kappa shape index (κ3) is 2.88. The topological polar surface area (TPSA) is 59.4 Å². The number of nitrogens with zero attached hydrogens (tertiary/aromatic N) is 1. The first kappa shape index (κ1) is 12.8. The van der Waals surface area contributed by atoms with Gasteiger partial charge in [-0.1, -0.05) is 0 Å². The van der Waals surface area contributed by atoms with Gasteiger partial charge in [0.05, 0.1) is 13.5 Å². The highest BCUT2D eigenvalue weighted by molar-refractivity contribution is 9.10. The van der Waals surface area contributed by atoms with Crippen LogP contribution in [0.3, 0.4) is 0 Å². The fraction of sp³-hybridized carbons (Fsp3) is 0.333. The zero-order valence-electron chi connectivity index (χ0n) is 8.21. The molecular weight excluding hydrogens is 288 g/mol. The highest BCUT2D eigenvalue weighted by Crippen LogP contribution is 2.31. The molecule has 0 radical (unpaired) electrons. The molecule has 1 aromatic rings. The summed E-state index contributed by atoms with van der Waals surface area (Å²) in [6.45, 7) is 0. The van der Waals surface area contributed by atoms with E-state index in [9.17, 15) is 13.6 Å². The van der Waals surface area contributed by atoms with E-state index in [1.54, 1.807) is 0 Å². The van der Waals surface area contributed by atoms with Gasteiger partial charge in [-0.2, -0.15) is 0 Å². The lowest BCUT2D eigenvalue weighted by Crippen LogP contribution is -2.05. The van der Waals surface area contributed by atoms with Crippen LogP contribution in [0.4, 0.5) is 8.78 Å². The van der Waals surface area contributed by atoms with Gasteiger partial charge in [0.2, 0.25) is 0 Å². The maximum absolute atomic E-state index is 12.4. The largest absolute Gasteiger partial charge is 0.494 e. The summed E-state index contributed by atoms with van der Waals surface area (Å²) in [5, 5.41) is 8.63. The third-order valence-corrected chi connectivity index (χ3v) is 2.34. The Kier molecular flexibility index (Phi) is 4.17. The fourth-order valence-corrected chi connectivity index (χ4v) is 1.82. The monoisotopic (exact) mass is 295 g/mol. The molecule has 0 saturated carbocycles. The Balaban J connectivity index is 3.24. The van der Waals surface area contributed by atoms with Crippen molar-refractivity contribution in [2.75, 3.05) is 7.11 Å². The molecule has 0 fully saturated rings. The van der Waals surface area contributed by atoms with E-state index in [1.807, 2.05) is 0 Å². The molecule has 0 aliphatic heterocycles. The fourth-order valence-electron chi connectivity index (χ4n) is 1.19. The number of carboxylic acids is 1. The number of carbonyl (C=O) groups is 1. The Hall–Kier alpha value is -1.24. The molecule has 0 spiro atoms. The highest BCUT2D eigenvalue weighted by Gasteiger charge is 2.18. The number of rotatable bonds is 4. The van der Waals surface area contributed by atoms with Gasteiger partial charge in [0.25, 0.3) is 6.43 Å². The number of hydrogen-bond donors (Lipinski definition) is 1. The normalized spacial score (nSPS) is 10.6. The number of carboxylic acid groups (broad SMARTS) is 1. The number of aliphatic carboxylic acids is 1. The summed E-state index contributed by atoms with van der Waals surface area (Å²) >= 11 is 2.95. The Bertz CT molecular complexity index is 412. The minimum absolute atomic E-state index is 0.0732. The number of pyridine rings is 1. The summed E-state index contributed by atoms with van der Waals surface area (Å²) in [6, 6.07) is 1.03. The van der Waals surface area contributed by atoms with Crippen molar-refractivity contribution in [1.29, 1.82) is 0 Å². The summed E-state index contributed by atoms with van der Waals surface area (Å²) in [5.41, 5.74) is -0.323. The molecule has 0 unspecified atom stereocenters. The van der Waals surface area contributed by atoms with Gasteiger partial charge in [-0.3, -0.25) is 4.79 Å². The van der Waals surface area contributed by atoms with Crippen molar-refractivity contribution in [3.8, 4) is 5.75 Å². The van der Waals surface area contributed by atoms with Crippen molar-refractivity contribution in [2.45, 2.75) is 12.8 Å². The highest BCUT2D eigenvalue weighted by atomic mass is 79.9. The second kappa shape index (κ2) is 5.20. The van der Waals surface area contributed by atoms with Crippen LogP contribution in [0.5, 0.6) is 5.75 Å². The first-order chi connectivity index (χ1) is 7.45. The smallest absolute Gasteiger partial charge is 0.307 e. The van der Waals surface area contributed by atoms with Crippen molar-refractivity contribution in [2.24, 2.45) is 0 Å². The minimum Gasteiger partial charge on any atom is -0.494 e. The van der Waals surface area contributed by atoms with E-state index in [4.69, 9.17) is 9.84 Å². The minimum atomic E-state index is -2.75. The van der Waals surface area contributed by atoms with E-state index >= 15 is 0 Å². The maximum atomic E-state index is 12.4.